The molecule has 6 heteroatoms. The fraction of sp³-hybridized carbons (Fsp3) is 0.0667. The van der Waals surface area contributed by atoms with Crippen LogP contribution in [-0.4, -0.2) is 10.1 Å². The van der Waals surface area contributed by atoms with E-state index in [1.54, 1.807) is 12.1 Å². The van der Waals surface area contributed by atoms with E-state index in [-0.39, 0.29) is 5.82 Å². The van der Waals surface area contributed by atoms with Crippen LogP contribution >= 0.6 is 15.9 Å². The Morgan fingerprint density at radius 1 is 1.19 bits per heavy atom. The standard InChI is InChI=1S/C15H11BrFN3O/c1-8-5-6-9(17)7-11(8)14-19-15(21-20-14)10-3-2-4-12(16)13(10)18/h2-7H,18H2,1H3. The molecule has 21 heavy (non-hydrogen) atoms. The zero-order valence-electron chi connectivity index (χ0n) is 11.1. The Labute approximate surface area is 128 Å². The molecule has 0 unspecified atom stereocenters. The number of anilines is 1. The first kappa shape index (κ1) is 13.8. The fourth-order valence-corrected chi connectivity index (χ4v) is 2.37. The fourth-order valence-electron chi connectivity index (χ4n) is 2.00. The highest BCUT2D eigenvalue weighted by Gasteiger charge is 2.15. The van der Waals surface area contributed by atoms with Gasteiger partial charge in [-0.3, -0.25) is 0 Å². The summed E-state index contributed by atoms with van der Waals surface area (Å²) in [5, 5.41) is 3.91. The highest BCUT2D eigenvalue weighted by molar-refractivity contribution is 9.10. The topological polar surface area (TPSA) is 64.9 Å². The molecule has 0 saturated carbocycles. The van der Waals surface area contributed by atoms with Crippen molar-refractivity contribution in [3.63, 3.8) is 0 Å². The number of aromatic nitrogens is 2. The van der Waals surface area contributed by atoms with Crippen molar-refractivity contribution in [1.82, 2.24) is 10.1 Å². The maximum atomic E-state index is 13.4. The molecule has 0 aliphatic carbocycles. The lowest BCUT2D eigenvalue weighted by molar-refractivity contribution is 0.432. The molecule has 0 radical (unpaired) electrons. The molecule has 0 amide bonds. The van der Waals surface area contributed by atoms with Gasteiger partial charge in [0.1, 0.15) is 5.82 Å². The first-order valence-corrected chi connectivity index (χ1v) is 7.00. The summed E-state index contributed by atoms with van der Waals surface area (Å²) in [7, 11) is 0. The third-order valence-corrected chi connectivity index (χ3v) is 3.84. The van der Waals surface area contributed by atoms with Gasteiger partial charge in [-0.05, 0) is 52.7 Å². The van der Waals surface area contributed by atoms with E-state index in [1.165, 1.54) is 12.1 Å². The van der Waals surface area contributed by atoms with Gasteiger partial charge in [-0.15, -0.1) is 0 Å². The average Bonchev–Trinajstić information content (AvgIpc) is 2.94. The SMILES string of the molecule is Cc1ccc(F)cc1-c1noc(-c2cccc(Br)c2N)n1. The van der Waals surface area contributed by atoms with Crippen LogP contribution in [0.25, 0.3) is 22.8 Å². The van der Waals surface area contributed by atoms with E-state index in [2.05, 4.69) is 26.1 Å². The lowest BCUT2D eigenvalue weighted by atomic mass is 10.1. The van der Waals surface area contributed by atoms with Gasteiger partial charge in [-0.1, -0.05) is 17.3 Å². The zero-order chi connectivity index (χ0) is 15.0. The minimum absolute atomic E-state index is 0.299. The lowest BCUT2D eigenvalue weighted by Crippen LogP contribution is -1.92. The van der Waals surface area contributed by atoms with Gasteiger partial charge in [0.05, 0.1) is 11.3 Å². The molecule has 0 saturated heterocycles. The Morgan fingerprint density at radius 2 is 2.00 bits per heavy atom. The largest absolute Gasteiger partial charge is 0.397 e. The van der Waals surface area contributed by atoms with Gasteiger partial charge < -0.3 is 10.3 Å². The van der Waals surface area contributed by atoms with Crippen LogP contribution in [0.1, 0.15) is 5.56 Å². The maximum absolute atomic E-state index is 13.4. The van der Waals surface area contributed by atoms with Gasteiger partial charge >= 0.3 is 0 Å². The Kier molecular flexibility index (Phi) is 3.47. The number of halogens is 2. The number of hydrogen-bond donors (Lipinski definition) is 1. The van der Waals surface area contributed by atoms with E-state index in [4.69, 9.17) is 10.3 Å². The normalized spacial score (nSPS) is 10.8. The van der Waals surface area contributed by atoms with Crippen molar-refractivity contribution in [1.29, 1.82) is 0 Å². The molecule has 0 atom stereocenters. The molecule has 3 aromatic rings. The molecule has 1 aromatic heterocycles. The van der Waals surface area contributed by atoms with E-state index < -0.39 is 0 Å². The van der Waals surface area contributed by atoms with E-state index in [0.29, 0.717) is 28.5 Å². The van der Waals surface area contributed by atoms with E-state index in [1.807, 2.05) is 19.1 Å². The average molecular weight is 348 g/mol. The van der Waals surface area contributed by atoms with Crippen LogP contribution in [0.4, 0.5) is 10.1 Å². The second-order valence-corrected chi connectivity index (χ2v) is 5.44. The quantitative estimate of drug-likeness (QED) is 0.705. The number of nitrogens with two attached hydrogens (primary N) is 1. The van der Waals surface area contributed by atoms with Crippen molar-refractivity contribution < 1.29 is 8.91 Å². The van der Waals surface area contributed by atoms with Crippen molar-refractivity contribution in [2.45, 2.75) is 6.92 Å². The van der Waals surface area contributed by atoms with Gasteiger partial charge in [-0.2, -0.15) is 4.98 Å². The molecule has 3 rings (SSSR count). The van der Waals surface area contributed by atoms with Crippen LogP contribution in [0, 0.1) is 12.7 Å². The summed E-state index contributed by atoms with van der Waals surface area (Å²) in [4.78, 5) is 4.31. The molecule has 2 N–H and O–H groups in total. The van der Waals surface area contributed by atoms with Crippen LogP contribution in [-0.2, 0) is 0 Å². The monoisotopic (exact) mass is 347 g/mol. The minimum atomic E-state index is -0.344. The molecule has 4 nitrogen and oxygen atoms in total. The molecule has 0 aliphatic rings. The van der Waals surface area contributed by atoms with Gasteiger partial charge in [0.2, 0.25) is 5.82 Å². The summed E-state index contributed by atoms with van der Waals surface area (Å²) in [5.74, 6) is 0.290. The zero-order valence-corrected chi connectivity index (χ0v) is 12.7. The van der Waals surface area contributed by atoms with Crippen LogP contribution in [0.2, 0.25) is 0 Å². The number of hydrogen-bond acceptors (Lipinski definition) is 4. The summed E-state index contributed by atoms with van der Waals surface area (Å²) in [5.41, 5.74) is 8.60. The predicted octanol–water partition coefficient (Wildman–Crippen LogP) is 4.20. The molecule has 0 aliphatic heterocycles. The molecular weight excluding hydrogens is 337 g/mol. The summed E-state index contributed by atoms with van der Waals surface area (Å²) in [6.45, 7) is 1.86. The minimum Gasteiger partial charge on any atom is -0.397 e. The summed E-state index contributed by atoms with van der Waals surface area (Å²) < 4.78 is 19.4. The Bertz CT molecular complexity index is 800. The van der Waals surface area contributed by atoms with Crippen LogP contribution in [0.5, 0.6) is 0 Å². The van der Waals surface area contributed by atoms with Gasteiger partial charge in [-0.25, -0.2) is 4.39 Å². The highest BCUT2D eigenvalue weighted by atomic mass is 79.9. The third-order valence-electron chi connectivity index (χ3n) is 3.15. The number of benzene rings is 2. The molecular formula is C15H11BrFN3O. The van der Waals surface area contributed by atoms with Gasteiger partial charge in [0.25, 0.3) is 5.89 Å². The number of nitrogen functional groups attached to an aromatic ring is 1. The second-order valence-electron chi connectivity index (χ2n) is 4.58. The van der Waals surface area contributed by atoms with Crippen molar-refractivity contribution in [3.8, 4) is 22.8 Å². The molecule has 1 heterocycles. The van der Waals surface area contributed by atoms with Crippen molar-refractivity contribution in [2.75, 3.05) is 5.73 Å². The van der Waals surface area contributed by atoms with E-state index in [9.17, 15) is 4.39 Å². The van der Waals surface area contributed by atoms with Gasteiger partial charge in [0.15, 0.2) is 0 Å². The summed E-state index contributed by atoms with van der Waals surface area (Å²) in [6, 6.07) is 9.89. The van der Waals surface area contributed by atoms with Gasteiger partial charge in [0, 0.05) is 10.0 Å². The highest BCUT2D eigenvalue weighted by Crippen LogP contribution is 2.32. The van der Waals surface area contributed by atoms with Crippen LogP contribution in [0.3, 0.4) is 0 Å². The number of nitrogens with zero attached hydrogens (tertiary/aromatic N) is 2. The second kappa shape index (κ2) is 5.29. The third kappa shape index (κ3) is 2.54. The first-order valence-electron chi connectivity index (χ1n) is 6.21. The van der Waals surface area contributed by atoms with Crippen LogP contribution in [0.15, 0.2) is 45.4 Å². The van der Waals surface area contributed by atoms with Crippen LogP contribution < -0.4 is 5.73 Å². The number of aryl methyl sites for hydroxylation is 1. The smallest absolute Gasteiger partial charge is 0.260 e. The molecule has 2 aromatic carbocycles. The Morgan fingerprint density at radius 3 is 2.81 bits per heavy atom. The number of rotatable bonds is 2. The number of para-hydroxylation sites is 1. The van der Waals surface area contributed by atoms with Crippen molar-refractivity contribution in [3.05, 3.63) is 52.3 Å². The van der Waals surface area contributed by atoms with E-state index >= 15 is 0 Å². The Balaban J connectivity index is 2.08. The van der Waals surface area contributed by atoms with Crippen molar-refractivity contribution in [2.24, 2.45) is 0 Å². The summed E-state index contributed by atoms with van der Waals surface area (Å²) in [6.07, 6.45) is 0. The molecule has 0 fully saturated rings. The first-order chi connectivity index (χ1) is 10.1. The lowest BCUT2D eigenvalue weighted by Gasteiger charge is -2.02. The summed E-state index contributed by atoms with van der Waals surface area (Å²) >= 11 is 3.35. The predicted molar refractivity (Wildman–Crippen MR) is 82.0 cm³/mol. The van der Waals surface area contributed by atoms with Crippen molar-refractivity contribution >= 4 is 21.6 Å². The molecule has 0 bridgehead atoms. The Hall–Kier alpha value is -2.21. The molecule has 106 valence electrons. The molecule has 0 spiro atoms. The maximum Gasteiger partial charge on any atom is 0.260 e. The van der Waals surface area contributed by atoms with E-state index in [0.717, 1.165) is 10.0 Å².